The van der Waals surface area contributed by atoms with Crippen LogP contribution in [0.4, 0.5) is 15.8 Å². The van der Waals surface area contributed by atoms with E-state index in [4.69, 9.17) is 5.73 Å². The Kier molecular flexibility index (Phi) is 3.14. The first-order valence-corrected chi connectivity index (χ1v) is 5.98. The van der Waals surface area contributed by atoms with Gasteiger partial charge in [0.05, 0.1) is 15.8 Å². The van der Waals surface area contributed by atoms with Crippen LogP contribution >= 0.6 is 15.9 Å². The van der Waals surface area contributed by atoms with Crippen molar-refractivity contribution < 1.29 is 4.39 Å². The zero-order chi connectivity index (χ0) is 10.8. The molecule has 0 aromatic heterocycles. The summed E-state index contributed by atoms with van der Waals surface area (Å²) in [6, 6.07) is 3.60. The number of halogens is 2. The second kappa shape index (κ2) is 4.39. The van der Waals surface area contributed by atoms with Gasteiger partial charge in [-0.2, -0.15) is 0 Å². The highest BCUT2D eigenvalue weighted by atomic mass is 79.9. The molecule has 15 heavy (non-hydrogen) atoms. The van der Waals surface area contributed by atoms with E-state index in [0.717, 1.165) is 31.6 Å². The summed E-state index contributed by atoms with van der Waals surface area (Å²) in [6.45, 7) is 1.95. The van der Waals surface area contributed by atoms with E-state index < -0.39 is 0 Å². The van der Waals surface area contributed by atoms with Crippen LogP contribution in [0.1, 0.15) is 19.3 Å². The third-order valence-electron chi connectivity index (χ3n) is 2.81. The quantitative estimate of drug-likeness (QED) is 0.796. The molecule has 0 atom stereocenters. The van der Waals surface area contributed by atoms with E-state index in [1.165, 1.54) is 6.42 Å². The molecule has 1 aliphatic heterocycles. The van der Waals surface area contributed by atoms with Crippen LogP contribution in [0.5, 0.6) is 0 Å². The summed E-state index contributed by atoms with van der Waals surface area (Å²) >= 11 is 3.13. The molecule has 0 radical (unpaired) electrons. The van der Waals surface area contributed by atoms with Gasteiger partial charge in [-0.05, 0) is 47.3 Å². The Morgan fingerprint density at radius 3 is 2.53 bits per heavy atom. The Labute approximate surface area is 97.4 Å². The topological polar surface area (TPSA) is 29.3 Å². The smallest absolute Gasteiger partial charge is 0.162 e. The number of nitrogen functional groups attached to an aromatic ring is 1. The fourth-order valence-electron chi connectivity index (χ4n) is 1.97. The number of piperidine rings is 1. The molecule has 1 aromatic carbocycles. The molecule has 1 fully saturated rings. The Bertz CT molecular complexity index is 362. The maximum atomic E-state index is 13.5. The first kappa shape index (κ1) is 10.7. The average Bonchev–Trinajstić information content (AvgIpc) is 2.27. The molecule has 2 rings (SSSR count). The van der Waals surface area contributed by atoms with Crippen LogP contribution in [0.25, 0.3) is 0 Å². The molecule has 1 aromatic rings. The van der Waals surface area contributed by atoms with Crippen LogP contribution in [-0.2, 0) is 0 Å². The summed E-state index contributed by atoms with van der Waals surface area (Å²) in [5.74, 6) is -0.349. The van der Waals surface area contributed by atoms with Gasteiger partial charge in [0.1, 0.15) is 0 Å². The van der Waals surface area contributed by atoms with Crippen molar-refractivity contribution in [1.29, 1.82) is 0 Å². The fraction of sp³-hybridized carbons (Fsp3) is 0.455. The van der Waals surface area contributed by atoms with Gasteiger partial charge in [-0.15, -0.1) is 0 Å². The van der Waals surface area contributed by atoms with E-state index in [-0.39, 0.29) is 11.5 Å². The molecule has 1 heterocycles. The van der Waals surface area contributed by atoms with Crippen molar-refractivity contribution in [3.63, 3.8) is 0 Å². The van der Waals surface area contributed by atoms with Crippen molar-refractivity contribution >= 4 is 27.3 Å². The molecular weight excluding hydrogens is 259 g/mol. The molecule has 82 valence electrons. The zero-order valence-electron chi connectivity index (χ0n) is 8.47. The van der Waals surface area contributed by atoms with E-state index in [1.807, 2.05) is 6.07 Å². The van der Waals surface area contributed by atoms with Gasteiger partial charge in [0, 0.05) is 13.1 Å². The molecule has 0 aliphatic carbocycles. The van der Waals surface area contributed by atoms with Gasteiger partial charge in [-0.1, -0.05) is 0 Å². The molecule has 0 unspecified atom stereocenters. The van der Waals surface area contributed by atoms with Crippen LogP contribution in [0.3, 0.4) is 0 Å². The number of anilines is 2. The minimum atomic E-state index is -0.349. The first-order chi connectivity index (χ1) is 7.20. The molecule has 1 aliphatic rings. The monoisotopic (exact) mass is 272 g/mol. The summed E-state index contributed by atoms with van der Waals surface area (Å²) in [5, 5.41) is 0. The lowest BCUT2D eigenvalue weighted by molar-refractivity contribution is 0.575. The average molecular weight is 273 g/mol. The molecular formula is C11H14BrFN2. The second-order valence-electron chi connectivity index (χ2n) is 3.84. The van der Waals surface area contributed by atoms with Gasteiger partial charge in [0.25, 0.3) is 0 Å². The maximum absolute atomic E-state index is 13.5. The lowest BCUT2D eigenvalue weighted by Gasteiger charge is -2.30. The molecule has 0 saturated carbocycles. The Morgan fingerprint density at radius 2 is 1.87 bits per heavy atom. The summed E-state index contributed by atoms with van der Waals surface area (Å²) in [7, 11) is 0. The predicted molar refractivity (Wildman–Crippen MR) is 64.6 cm³/mol. The SMILES string of the molecule is Nc1c(N2CCCCC2)ccc(Br)c1F. The summed E-state index contributed by atoms with van der Waals surface area (Å²) in [6.07, 6.45) is 3.59. The van der Waals surface area contributed by atoms with Gasteiger partial charge < -0.3 is 10.6 Å². The van der Waals surface area contributed by atoms with Crippen molar-refractivity contribution in [3.05, 3.63) is 22.4 Å². The minimum Gasteiger partial charge on any atom is -0.395 e. The Morgan fingerprint density at radius 1 is 1.20 bits per heavy atom. The number of nitrogens with zero attached hydrogens (tertiary/aromatic N) is 1. The summed E-state index contributed by atoms with van der Waals surface area (Å²) < 4.78 is 14.0. The van der Waals surface area contributed by atoms with Gasteiger partial charge in [-0.3, -0.25) is 0 Å². The van der Waals surface area contributed by atoms with Gasteiger partial charge in [0.15, 0.2) is 5.82 Å². The zero-order valence-corrected chi connectivity index (χ0v) is 10.1. The normalized spacial score (nSPS) is 16.8. The maximum Gasteiger partial charge on any atom is 0.162 e. The third kappa shape index (κ3) is 2.09. The van der Waals surface area contributed by atoms with Crippen molar-refractivity contribution in [2.45, 2.75) is 19.3 Å². The molecule has 2 N–H and O–H groups in total. The van der Waals surface area contributed by atoms with Crippen LogP contribution < -0.4 is 10.6 Å². The van der Waals surface area contributed by atoms with Gasteiger partial charge >= 0.3 is 0 Å². The molecule has 0 spiro atoms. The Hall–Kier alpha value is -0.770. The third-order valence-corrected chi connectivity index (χ3v) is 3.42. The molecule has 0 bridgehead atoms. The van der Waals surface area contributed by atoms with Crippen LogP contribution in [0.15, 0.2) is 16.6 Å². The number of hydrogen-bond donors (Lipinski definition) is 1. The van der Waals surface area contributed by atoms with E-state index in [2.05, 4.69) is 20.8 Å². The van der Waals surface area contributed by atoms with Crippen LogP contribution in [-0.4, -0.2) is 13.1 Å². The largest absolute Gasteiger partial charge is 0.395 e. The number of benzene rings is 1. The second-order valence-corrected chi connectivity index (χ2v) is 4.70. The van der Waals surface area contributed by atoms with E-state index in [9.17, 15) is 4.39 Å². The highest BCUT2D eigenvalue weighted by molar-refractivity contribution is 9.10. The predicted octanol–water partition coefficient (Wildman–Crippen LogP) is 3.16. The van der Waals surface area contributed by atoms with Gasteiger partial charge in [-0.25, -0.2) is 4.39 Å². The minimum absolute atomic E-state index is 0.256. The van der Waals surface area contributed by atoms with E-state index in [1.54, 1.807) is 6.07 Å². The number of nitrogens with two attached hydrogens (primary N) is 1. The van der Waals surface area contributed by atoms with Crippen molar-refractivity contribution in [1.82, 2.24) is 0 Å². The Balaban J connectivity index is 2.31. The summed E-state index contributed by atoms with van der Waals surface area (Å²) in [4.78, 5) is 2.16. The van der Waals surface area contributed by atoms with Gasteiger partial charge in [0.2, 0.25) is 0 Å². The molecule has 0 amide bonds. The highest BCUT2D eigenvalue weighted by Gasteiger charge is 2.16. The number of rotatable bonds is 1. The van der Waals surface area contributed by atoms with E-state index >= 15 is 0 Å². The van der Waals surface area contributed by atoms with Crippen molar-refractivity contribution in [3.8, 4) is 0 Å². The first-order valence-electron chi connectivity index (χ1n) is 5.18. The number of hydrogen-bond acceptors (Lipinski definition) is 2. The lowest BCUT2D eigenvalue weighted by atomic mass is 10.1. The molecule has 4 heteroatoms. The lowest BCUT2D eigenvalue weighted by Crippen LogP contribution is -2.30. The standard InChI is InChI=1S/C11H14BrFN2/c12-8-4-5-9(11(14)10(8)13)15-6-2-1-3-7-15/h4-5H,1-3,6-7,14H2. The fourth-order valence-corrected chi connectivity index (χ4v) is 2.31. The summed E-state index contributed by atoms with van der Waals surface area (Å²) in [5.41, 5.74) is 6.85. The van der Waals surface area contributed by atoms with E-state index in [0.29, 0.717) is 4.47 Å². The highest BCUT2D eigenvalue weighted by Crippen LogP contribution is 2.32. The van der Waals surface area contributed by atoms with Crippen LogP contribution in [0.2, 0.25) is 0 Å². The van der Waals surface area contributed by atoms with Crippen molar-refractivity contribution in [2.24, 2.45) is 0 Å². The van der Waals surface area contributed by atoms with Crippen LogP contribution in [0, 0.1) is 5.82 Å². The molecule has 1 saturated heterocycles. The molecule has 2 nitrogen and oxygen atoms in total. The van der Waals surface area contributed by atoms with Crippen molar-refractivity contribution in [2.75, 3.05) is 23.7 Å².